The van der Waals surface area contributed by atoms with Crippen LogP contribution in [-0.4, -0.2) is 58.5 Å². The Kier molecular flexibility index (Phi) is 10.3. The van der Waals surface area contributed by atoms with Gasteiger partial charge in [0.2, 0.25) is 17.7 Å². The quantitative estimate of drug-likeness (QED) is 0.142. The minimum atomic E-state index is -0.461. The summed E-state index contributed by atoms with van der Waals surface area (Å²) in [7, 11) is 1.54. The Labute approximate surface area is 305 Å². The third-order valence-corrected chi connectivity index (χ3v) is 10.2. The van der Waals surface area contributed by atoms with Crippen molar-refractivity contribution in [1.29, 1.82) is 0 Å². The molecule has 2 fully saturated rings. The molecule has 2 amide bonds. The summed E-state index contributed by atoms with van der Waals surface area (Å²) in [4.78, 5) is 45.5. The molecule has 0 spiro atoms. The molecule has 0 saturated carbocycles. The molecule has 5 heterocycles. The van der Waals surface area contributed by atoms with E-state index in [1.165, 1.54) is 23.6 Å². The van der Waals surface area contributed by atoms with Crippen molar-refractivity contribution in [2.75, 3.05) is 20.2 Å². The van der Waals surface area contributed by atoms with E-state index in [0.29, 0.717) is 78.0 Å². The topological polar surface area (TPSA) is 139 Å². The first kappa shape index (κ1) is 35.2. The monoisotopic (exact) mass is 723 g/mol. The molecule has 11 nitrogen and oxygen atoms in total. The van der Waals surface area contributed by atoms with E-state index in [0.717, 1.165) is 40.7 Å². The number of pyridine rings is 2. The molecule has 52 heavy (non-hydrogen) atoms. The summed E-state index contributed by atoms with van der Waals surface area (Å²) in [5.74, 6) is 0.0575. The van der Waals surface area contributed by atoms with Crippen molar-refractivity contribution < 1.29 is 18.7 Å². The van der Waals surface area contributed by atoms with E-state index >= 15 is 4.39 Å². The lowest BCUT2D eigenvalue weighted by Crippen LogP contribution is -2.36. The van der Waals surface area contributed by atoms with Crippen molar-refractivity contribution in [1.82, 2.24) is 35.6 Å². The number of aromatic nitrogens is 3. The molecule has 2 aliphatic rings. The Morgan fingerprint density at radius 2 is 1.56 bits per heavy atom. The van der Waals surface area contributed by atoms with Crippen LogP contribution in [0.4, 0.5) is 4.39 Å². The van der Waals surface area contributed by atoms with Crippen LogP contribution in [0.25, 0.3) is 39.2 Å². The lowest BCUT2D eigenvalue weighted by Gasteiger charge is -2.17. The van der Waals surface area contributed by atoms with Crippen LogP contribution >= 0.6 is 11.6 Å². The summed E-state index contributed by atoms with van der Waals surface area (Å²) in [5, 5.41) is 12.8. The molecule has 2 aliphatic heterocycles. The number of fused-ring (bicyclic) bond motifs is 1. The van der Waals surface area contributed by atoms with E-state index in [4.69, 9.17) is 21.3 Å². The van der Waals surface area contributed by atoms with Gasteiger partial charge in [-0.2, -0.15) is 0 Å². The van der Waals surface area contributed by atoms with Gasteiger partial charge in [0.25, 0.3) is 5.56 Å². The molecule has 13 heteroatoms. The number of carbonyl (C=O) groups is 2. The summed E-state index contributed by atoms with van der Waals surface area (Å²) in [6.45, 7) is 3.99. The number of hydrogen-bond acceptors (Lipinski definition) is 8. The largest absolute Gasteiger partial charge is 0.481 e. The van der Waals surface area contributed by atoms with E-state index in [1.54, 1.807) is 18.5 Å². The van der Waals surface area contributed by atoms with Crippen LogP contribution in [0.1, 0.15) is 42.4 Å². The molecule has 268 valence electrons. The Balaban J connectivity index is 1.12. The van der Waals surface area contributed by atoms with Crippen molar-refractivity contribution in [2.24, 2.45) is 0 Å². The molecular formula is C39H39ClFN7O4. The van der Waals surface area contributed by atoms with Crippen LogP contribution in [0.5, 0.6) is 5.88 Å². The zero-order valence-electron chi connectivity index (χ0n) is 28.9. The van der Waals surface area contributed by atoms with Crippen LogP contribution in [-0.2, 0) is 22.7 Å². The molecule has 0 bridgehead atoms. The highest BCUT2D eigenvalue weighted by Gasteiger charge is 2.22. The molecule has 7 rings (SSSR count). The zero-order chi connectivity index (χ0) is 36.4. The number of rotatable bonds is 12. The van der Waals surface area contributed by atoms with Crippen molar-refractivity contribution in [2.45, 2.75) is 57.8 Å². The van der Waals surface area contributed by atoms with E-state index in [1.807, 2.05) is 43.3 Å². The highest BCUT2D eigenvalue weighted by Crippen LogP contribution is 2.41. The first-order chi connectivity index (χ1) is 25.2. The van der Waals surface area contributed by atoms with Gasteiger partial charge in [0.15, 0.2) is 0 Å². The van der Waals surface area contributed by atoms with E-state index in [9.17, 15) is 14.4 Å². The van der Waals surface area contributed by atoms with E-state index in [2.05, 4.69) is 26.3 Å². The number of benzene rings is 2. The van der Waals surface area contributed by atoms with E-state index in [-0.39, 0.29) is 29.5 Å². The molecule has 2 atom stereocenters. The summed E-state index contributed by atoms with van der Waals surface area (Å²) in [6, 6.07) is 16.1. The van der Waals surface area contributed by atoms with Crippen LogP contribution in [0.3, 0.4) is 0 Å². The predicted molar refractivity (Wildman–Crippen MR) is 198 cm³/mol. The number of methoxy groups -OCH3 is 1. The number of hydrogen-bond donors (Lipinski definition) is 4. The number of ether oxygens (including phenoxy) is 1. The molecule has 4 N–H and O–H groups in total. The average Bonchev–Trinajstić information content (AvgIpc) is 3.76. The fraction of sp³-hybridized carbons (Fsp3) is 0.308. The van der Waals surface area contributed by atoms with Gasteiger partial charge >= 0.3 is 0 Å². The van der Waals surface area contributed by atoms with Gasteiger partial charge in [-0.3, -0.25) is 18.8 Å². The van der Waals surface area contributed by atoms with Gasteiger partial charge in [-0.15, -0.1) is 0 Å². The second kappa shape index (κ2) is 15.2. The maximum atomic E-state index is 15.3. The number of nitrogens with one attached hydrogen (secondary N) is 4. The van der Waals surface area contributed by atoms with Gasteiger partial charge in [0.1, 0.15) is 11.5 Å². The van der Waals surface area contributed by atoms with Crippen molar-refractivity contribution >= 4 is 29.1 Å². The maximum Gasteiger partial charge on any atom is 0.262 e. The van der Waals surface area contributed by atoms with Gasteiger partial charge in [-0.25, -0.2) is 14.4 Å². The molecule has 2 aromatic carbocycles. The fourth-order valence-corrected chi connectivity index (χ4v) is 7.27. The summed E-state index contributed by atoms with van der Waals surface area (Å²) in [5.41, 5.74) is 6.44. The first-order valence-corrected chi connectivity index (χ1v) is 17.7. The highest BCUT2D eigenvalue weighted by molar-refractivity contribution is 6.36. The molecular weight excluding hydrogens is 685 g/mol. The zero-order valence-corrected chi connectivity index (χ0v) is 29.6. The van der Waals surface area contributed by atoms with Gasteiger partial charge in [0.05, 0.1) is 17.8 Å². The Morgan fingerprint density at radius 3 is 2.23 bits per heavy atom. The molecule has 2 saturated heterocycles. The normalized spacial score (nSPS) is 17.1. The smallest absolute Gasteiger partial charge is 0.262 e. The van der Waals surface area contributed by atoms with Gasteiger partial charge in [0, 0.05) is 85.8 Å². The third kappa shape index (κ3) is 7.41. The summed E-state index contributed by atoms with van der Waals surface area (Å²) < 4.78 is 22.5. The minimum Gasteiger partial charge on any atom is -0.481 e. The van der Waals surface area contributed by atoms with Crippen LogP contribution in [0.15, 0.2) is 71.8 Å². The molecule has 0 aliphatic carbocycles. The molecule has 5 aromatic rings. The van der Waals surface area contributed by atoms with Gasteiger partial charge in [-0.05, 0) is 72.4 Å². The second-order valence-electron chi connectivity index (χ2n) is 13.3. The number of nitrogens with zero attached hydrogens (tertiary/aromatic N) is 3. The van der Waals surface area contributed by atoms with Crippen molar-refractivity contribution in [3.8, 4) is 39.4 Å². The van der Waals surface area contributed by atoms with Crippen LogP contribution in [0.2, 0.25) is 5.02 Å². The molecule has 0 radical (unpaired) electrons. The van der Waals surface area contributed by atoms with Crippen molar-refractivity contribution in [3.63, 3.8) is 0 Å². The number of halogens is 2. The Morgan fingerprint density at radius 1 is 0.885 bits per heavy atom. The fourth-order valence-electron chi connectivity index (χ4n) is 6.97. The summed E-state index contributed by atoms with van der Waals surface area (Å²) in [6.07, 6.45) is 5.95. The highest BCUT2D eigenvalue weighted by atomic mass is 35.5. The minimum absolute atomic E-state index is 0.0536. The SMILES string of the molecule is COc1nc(-c2cc(F)cc(-c3cccc(-c4ccn5c(=O)c(CNC[C@H]6CCC(=O)N6)cnc5c4)c3C)c2Cl)ccc1CNC[C@H]1CCC(=O)N1. The second-order valence-corrected chi connectivity index (χ2v) is 13.6. The number of carbonyl (C=O) groups excluding carboxylic acids is 2. The molecule has 3 aromatic heterocycles. The number of amides is 2. The van der Waals surface area contributed by atoms with E-state index < -0.39 is 5.82 Å². The lowest BCUT2D eigenvalue weighted by atomic mass is 9.92. The Bertz CT molecular complexity index is 2240. The van der Waals surface area contributed by atoms with Gasteiger partial charge < -0.3 is 26.0 Å². The Hall–Kier alpha value is -5.17. The molecule has 0 unspecified atom stereocenters. The predicted octanol–water partition coefficient (Wildman–Crippen LogP) is 4.94. The lowest BCUT2D eigenvalue weighted by molar-refractivity contribution is -0.120. The first-order valence-electron chi connectivity index (χ1n) is 17.3. The third-order valence-electron chi connectivity index (χ3n) is 9.74. The summed E-state index contributed by atoms with van der Waals surface area (Å²) >= 11 is 7.05. The average molecular weight is 724 g/mol. The standard InChI is InChI=1S/C39H39ClFN7O4/c1-22-29(23-12-13-48-34(14-23)44-19-25(39(48)51)18-43-21-28-8-11-36(50)46-28)4-3-5-30(22)31-15-26(41)16-32(37(31)40)33-9-6-24(38(47-33)52-2)17-42-20-27-7-10-35(49)45-27/h3-6,9,12-16,19,27-28,42-43H,7-8,10-11,17-18,20-21H2,1-2H3,(H,45,49)(H,46,50)/t27-,28-/m1/s1. The van der Waals surface area contributed by atoms with Crippen LogP contribution < -0.4 is 31.6 Å². The maximum absolute atomic E-state index is 15.3. The van der Waals surface area contributed by atoms with Gasteiger partial charge in [-0.1, -0.05) is 35.9 Å². The van der Waals surface area contributed by atoms with Crippen molar-refractivity contribution in [3.05, 3.63) is 105 Å². The van der Waals surface area contributed by atoms with Crippen LogP contribution in [0, 0.1) is 12.7 Å².